The zero-order chi connectivity index (χ0) is 20.1. The summed E-state index contributed by atoms with van der Waals surface area (Å²) in [6.45, 7) is 6.66. The second-order valence-electron chi connectivity index (χ2n) is 6.38. The van der Waals surface area contributed by atoms with Crippen LogP contribution in [0.5, 0.6) is 11.5 Å². The van der Waals surface area contributed by atoms with Crippen molar-refractivity contribution in [1.29, 1.82) is 0 Å². The molecule has 0 radical (unpaired) electrons. The average Bonchev–Trinajstić information content (AvgIpc) is 3.08. The summed E-state index contributed by atoms with van der Waals surface area (Å²) in [5, 5.41) is 11.1. The molecule has 0 aliphatic carbocycles. The molecular formula is C21H24N4O3. The normalized spacial score (nSPS) is 10.6. The van der Waals surface area contributed by atoms with Crippen LogP contribution in [0.15, 0.2) is 42.5 Å². The Bertz CT molecular complexity index is 982. The van der Waals surface area contributed by atoms with Crippen molar-refractivity contribution in [2.24, 2.45) is 0 Å². The number of rotatable bonds is 7. The summed E-state index contributed by atoms with van der Waals surface area (Å²) in [7, 11) is 1.59. The van der Waals surface area contributed by atoms with Gasteiger partial charge in [0.15, 0.2) is 17.2 Å². The number of nitrogens with zero attached hydrogens (tertiary/aromatic N) is 3. The average molecular weight is 380 g/mol. The van der Waals surface area contributed by atoms with Gasteiger partial charge in [0.1, 0.15) is 0 Å². The van der Waals surface area contributed by atoms with Crippen molar-refractivity contribution in [3.63, 3.8) is 0 Å². The molecule has 0 aliphatic rings. The van der Waals surface area contributed by atoms with E-state index in [1.54, 1.807) is 11.8 Å². The molecule has 28 heavy (non-hydrogen) atoms. The van der Waals surface area contributed by atoms with Crippen molar-refractivity contribution in [3.8, 4) is 17.2 Å². The molecule has 1 heterocycles. The zero-order valence-corrected chi connectivity index (χ0v) is 16.5. The lowest BCUT2D eigenvalue weighted by molar-refractivity contribution is 0.0945. The number of hydrogen-bond donors (Lipinski definition) is 1. The van der Waals surface area contributed by atoms with Crippen molar-refractivity contribution in [1.82, 2.24) is 20.3 Å². The summed E-state index contributed by atoms with van der Waals surface area (Å²) in [5.74, 6) is 1.04. The third kappa shape index (κ3) is 4.14. The van der Waals surface area contributed by atoms with Crippen LogP contribution in [0.4, 0.5) is 0 Å². The van der Waals surface area contributed by atoms with E-state index in [-0.39, 0.29) is 5.91 Å². The Balaban J connectivity index is 1.72. The van der Waals surface area contributed by atoms with Gasteiger partial charge < -0.3 is 14.8 Å². The van der Waals surface area contributed by atoms with E-state index in [4.69, 9.17) is 9.47 Å². The fourth-order valence-electron chi connectivity index (χ4n) is 2.91. The fraction of sp³-hybridized carbons (Fsp3) is 0.286. The van der Waals surface area contributed by atoms with Crippen LogP contribution in [-0.2, 0) is 6.54 Å². The van der Waals surface area contributed by atoms with Crippen molar-refractivity contribution >= 4 is 5.91 Å². The number of aromatic nitrogens is 3. The Morgan fingerprint density at radius 3 is 2.68 bits per heavy atom. The molecule has 0 saturated carbocycles. The van der Waals surface area contributed by atoms with Crippen molar-refractivity contribution < 1.29 is 14.3 Å². The van der Waals surface area contributed by atoms with E-state index in [1.807, 2.05) is 63.2 Å². The Morgan fingerprint density at radius 1 is 1.14 bits per heavy atom. The quantitative estimate of drug-likeness (QED) is 0.681. The Hall–Kier alpha value is -3.35. The Kier molecular flexibility index (Phi) is 5.93. The van der Waals surface area contributed by atoms with Crippen LogP contribution in [0.2, 0.25) is 0 Å². The Labute approximate surface area is 164 Å². The SMILES string of the molecule is CCOc1ccc(CNC(=O)c2nnn(-c3cccc(C)c3)c2C)cc1OC. The molecule has 2 aromatic carbocycles. The minimum atomic E-state index is -0.274. The lowest BCUT2D eigenvalue weighted by Gasteiger charge is -2.11. The molecule has 3 aromatic rings. The van der Waals surface area contributed by atoms with E-state index >= 15 is 0 Å². The van der Waals surface area contributed by atoms with E-state index < -0.39 is 0 Å². The molecule has 3 rings (SSSR count). The van der Waals surface area contributed by atoms with Gasteiger partial charge in [-0.2, -0.15) is 0 Å². The number of aryl methyl sites for hydroxylation is 1. The predicted molar refractivity (Wildman–Crippen MR) is 106 cm³/mol. The van der Waals surface area contributed by atoms with E-state index in [1.165, 1.54) is 0 Å². The molecule has 0 spiro atoms. The molecule has 1 amide bonds. The second kappa shape index (κ2) is 8.56. The lowest BCUT2D eigenvalue weighted by Crippen LogP contribution is -2.24. The number of hydrogen-bond acceptors (Lipinski definition) is 5. The molecule has 0 fully saturated rings. The van der Waals surface area contributed by atoms with Gasteiger partial charge in [0, 0.05) is 6.54 Å². The highest BCUT2D eigenvalue weighted by atomic mass is 16.5. The zero-order valence-electron chi connectivity index (χ0n) is 16.5. The first-order chi connectivity index (χ1) is 13.5. The van der Waals surface area contributed by atoms with Gasteiger partial charge in [0.2, 0.25) is 0 Å². The first-order valence-corrected chi connectivity index (χ1v) is 9.10. The van der Waals surface area contributed by atoms with Gasteiger partial charge in [-0.05, 0) is 56.2 Å². The first kappa shape index (κ1) is 19.4. The number of ether oxygens (including phenoxy) is 2. The lowest BCUT2D eigenvalue weighted by atomic mass is 10.2. The van der Waals surface area contributed by atoms with E-state index in [0.29, 0.717) is 36.0 Å². The van der Waals surface area contributed by atoms with Gasteiger partial charge in [0.05, 0.1) is 25.1 Å². The van der Waals surface area contributed by atoms with E-state index in [0.717, 1.165) is 16.8 Å². The second-order valence-corrected chi connectivity index (χ2v) is 6.38. The van der Waals surface area contributed by atoms with Gasteiger partial charge >= 0.3 is 0 Å². The van der Waals surface area contributed by atoms with Crippen LogP contribution < -0.4 is 14.8 Å². The maximum atomic E-state index is 12.6. The van der Waals surface area contributed by atoms with E-state index in [2.05, 4.69) is 15.6 Å². The van der Waals surface area contributed by atoms with E-state index in [9.17, 15) is 4.79 Å². The van der Waals surface area contributed by atoms with Crippen LogP contribution in [-0.4, -0.2) is 34.6 Å². The monoisotopic (exact) mass is 380 g/mol. The maximum absolute atomic E-state index is 12.6. The molecule has 0 unspecified atom stereocenters. The van der Waals surface area contributed by atoms with Crippen molar-refractivity contribution in [3.05, 3.63) is 65.0 Å². The van der Waals surface area contributed by atoms with Gasteiger partial charge in [-0.1, -0.05) is 23.4 Å². The van der Waals surface area contributed by atoms with Crippen LogP contribution >= 0.6 is 0 Å². The minimum Gasteiger partial charge on any atom is -0.493 e. The number of carbonyl (C=O) groups excluding carboxylic acids is 1. The van der Waals surface area contributed by atoms with Crippen molar-refractivity contribution in [2.45, 2.75) is 27.3 Å². The maximum Gasteiger partial charge on any atom is 0.274 e. The summed E-state index contributed by atoms with van der Waals surface area (Å²) in [5.41, 5.74) is 3.88. The molecule has 1 N–H and O–H groups in total. The third-order valence-electron chi connectivity index (χ3n) is 4.34. The predicted octanol–water partition coefficient (Wildman–Crippen LogP) is 3.22. The molecule has 1 aromatic heterocycles. The number of carbonyl (C=O) groups is 1. The van der Waals surface area contributed by atoms with Crippen LogP contribution in [0.25, 0.3) is 5.69 Å². The first-order valence-electron chi connectivity index (χ1n) is 9.10. The van der Waals surface area contributed by atoms with Gasteiger partial charge in [-0.3, -0.25) is 4.79 Å². The highest BCUT2D eigenvalue weighted by Gasteiger charge is 2.17. The molecule has 0 saturated heterocycles. The number of methoxy groups -OCH3 is 1. The molecule has 0 bridgehead atoms. The van der Waals surface area contributed by atoms with Crippen LogP contribution in [0, 0.1) is 13.8 Å². The molecule has 146 valence electrons. The highest BCUT2D eigenvalue weighted by Crippen LogP contribution is 2.28. The topological polar surface area (TPSA) is 78.3 Å². The molecule has 0 aliphatic heterocycles. The summed E-state index contributed by atoms with van der Waals surface area (Å²) in [4.78, 5) is 12.6. The summed E-state index contributed by atoms with van der Waals surface area (Å²) >= 11 is 0. The van der Waals surface area contributed by atoms with Gasteiger partial charge in [-0.15, -0.1) is 5.10 Å². The molecular weight excluding hydrogens is 356 g/mol. The highest BCUT2D eigenvalue weighted by molar-refractivity contribution is 5.93. The van der Waals surface area contributed by atoms with Crippen LogP contribution in [0.1, 0.15) is 34.2 Å². The summed E-state index contributed by atoms with van der Waals surface area (Å²) < 4.78 is 12.5. The van der Waals surface area contributed by atoms with Gasteiger partial charge in [-0.25, -0.2) is 4.68 Å². The molecule has 0 atom stereocenters. The van der Waals surface area contributed by atoms with Crippen LogP contribution in [0.3, 0.4) is 0 Å². The largest absolute Gasteiger partial charge is 0.493 e. The summed E-state index contributed by atoms with van der Waals surface area (Å²) in [6.07, 6.45) is 0. The minimum absolute atomic E-state index is 0.274. The molecule has 7 nitrogen and oxygen atoms in total. The molecule has 7 heteroatoms. The number of nitrogens with one attached hydrogen (secondary N) is 1. The smallest absolute Gasteiger partial charge is 0.274 e. The standard InChI is InChI=1S/C21H24N4O3/c1-5-28-18-10-9-16(12-19(18)27-4)13-22-21(26)20-15(3)25(24-23-20)17-8-6-7-14(2)11-17/h6-12H,5,13H2,1-4H3,(H,22,26). The third-order valence-corrected chi connectivity index (χ3v) is 4.34. The summed E-state index contributed by atoms with van der Waals surface area (Å²) in [6, 6.07) is 13.5. The number of benzene rings is 2. The van der Waals surface area contributed by atoms with Gasteiger partial charge in [0.25, 0.3) is 5.91 Å². The fourth-order valence-corrected chi connectivity index (χ4v) is 2.91. The Morgan fingerprint density at radius 2 is 1.96 bits per heavy atom. The van der Waals surface area contributed by atoms with Crippen molar-refractivity contribution in [2.75, 3.05) is 13.7 Å². The number of amides is 1.